The Kier molecular flexibility index (Phi) is 8.38. The molecule has 0 fully saturated rings. The highest BCUT2D eigenvalue weighted by atomic mass is 16.5. The molecule has 31 heavy (non-hydrogen) atoms. The van der Waals surface area contributed by atoms with Crippen molar-refractivity contribution in [3.63, 3.8) is 0 Å². The highest BCUT2D eigenvalue weighted by molar-refractivity contribution is 5.93. The first-order valence-corrected chi connectivity index (χ1v) is 10.6. The van der Waals surface area contributed by atoms with Gasteiger partial charge in [0.05, 0.1) is 0 Å². The van der Waals surface area contributed by atoms with Gasteiger partial charge < -0.3 is 9.84 Å². The molecule has 4 heteroatoms. The van der Waals surface area contributed by atoms with Crippen LogP contribution in [0, 0.1) is 5.41 Å². The van der Waals surface area contributed by atoms with Gasteiger partial charge in [-0.1, -0.05) is 67.5 Å². The van der Waals surface area contributed by atoms with Gasteiger partial charge in [0.15, 0.2) is 0 Å². The number of hydrogen-bond acceptors (Lipinski definition) is 3. The second-order valence-corrected chi connectivity index (χ2v) is 8.65. The van der Waals surface area contributed by atoms with Crippen LogP contribution in [-0.2, 0) is 4.79 Å². The summed E-state index contributed by atoms with van der Waals surface area (Å²) >= 11 is 0. The average molecular weight is 421 g/mol. The molecule has 1 N–H and O–H groups in total. The van der Waals surface area contributed by atoms with E-state index in [4.69, 9.17) is 9.84 Å². The highest BCUT2D eigenvalue weighted by Crippen LogP contribution is 2.40. The lowest BCUT2D eigenvalue weighted by Crippen LogP contribution is -2.19. The van der Waals surface area contributed by atoms with Crippen LogP contribution in [-0.4, -0.2) is 17.0 Å². The topological polar surface area (TPSA) is 63.6 Å². The van der Waals surface area contributed by atoms with Crippen molar-refractivity contribution in [2.24, 2.45) is 5.41 Å². The van der Waals surface area contributed by atoms with Gasteiger partial charge in [-0.2, -0.15) is 0 Å². The van der Waals surface area contributed by atoms with E-state index in [0.29, 0.717) is 5.57 Å². The first-order chi connectivity index (χ1) is 14.6. The maximum absolute atomic E-state index is 12.1. The molecule has 0 amide bonds. The Bertz CT molecular complexity index is 984. The summed E-state index contributed by atoms with van der Waals surface area (Å²) in [5.74, 6) is -1.72. The van der Waals surface area contributed by atoms with E-state index in [1.165, 1.54) is 48.6 Å². The maximum Gasteiger partial charge on any atom is 0.339 e. The van der Waals surface area contributed by atoms with Crippen LogP contribution in [0.15, 0.2) is 83.0 Å². The fourth-order valence-electron chi connectivity index (χ4n) is 3.74. The van der Waals surface area contributed by atoms with E-state index in [2.05, 4.69) is 32.9 Å². The largest absolute Gasteiger partial charge is 0.478 e. The summed E-state index contributed by atoms with van der Waals surface area (Å²) in [6.07, 6.45) is 15.0. The second-order valence-electron chi connectivity index (χ2n) is 8.65. The van der Waals surface area contributed by atoms with E-state index in [9.17, 15) is 9.59 Å². The van der Waals surface area contributed by atoms with Gasteiger partial charge in [-0.3, -0.25) is 0 Å². The van der Waals surface area contributed by atoms with Crippen LogP contribution in [0.25, 0.3) is 0 Å². The van der Waals surface area contributed by atoms with Crippen molar-refractivity contribution in [1.29, 1.82) is 0 Å². The molecule has 0 bridgehead atoms. The Morgan fingerprint density at radius 2 is 1.81 bits per heavy atom. The summed E-state index contributed by atoms with van der Waals surface area (Å²) in [7, 11) is 0. The second kappa shape index (κ2) is 10.8. The number of carboxylic acids is 1. The molecule has 1 aromatic carbocycles. The van der Waals surface area contributed by atoms with Crippen LogP contribution in [0.4, 0.5) is 0 Å². The minimum Gasteiger partial charge on any atom is -0.478 e. The molecule has 0 aromatic heterocycles. The van der Waals surface area contributed by atoms with E-state index >= 15 is 0 Å². The third-order valence-corrected chi connectivity index (χ3v) is 5.45. The lowest BCUT2D eigenvalue weighted by Gasteiger charge is -2.32. The molecule has 4 nitrogen and oxygen atoms in total. The van der Waals surface area contributed by atoms with Gasteiger partial charge in [-0.15, -0.1) is 0 Å². The summed E-state index contributed by atoms with van der Waals surface area (Å²) in [5, 5.41) is 9.17. The zero-order valence-corrected chi connectivity index (χ0v) is 19.1. The van der Waals surface area contributed by atoms with Gasteiger partial charge in [0, 0.05) is 6.08 Å². The van der Waals surface area contributed by atoms with E-state index in [1.54, 1.807) is 19.1 Å². The van der Waals surface area contributed by atoms with Crippen LogP contribution >= 0.6 is 0 Å². The van der Waals surface area contributed by atoms with Gasteiger partial charge in [-0.05, 0) is 68.7 Å². The molecule has 0 spiro atoms. The van der Waals surface area contributed by atoms with Crippen molar-refractivity contribution in [2.75, 3.05) is 0 Å². The number of ether oxygens (including phenoxy) is 1. The number of carbonyl (C=O) groups is 2. The quantitative estimate of drug-likeness (QED) is 0.227. The molecule has 2 rings (SSSR count). The number of rotatable bonds is 7. The van der Waals surface area contributed by atoms with Crippen molar-refractivity contribution >= 4 is 11.9 Å². The minimum absolute atomic E-state index is 0.0316. The fourth-order valence-corrected chi connectivity index (χ4v) is 3.74. The molecule has 0 aliphatic heterocycles. The van der Waals surface area contributed by atoms with Gasteiger partial charge in [0.1, 0.15) is 11.3 Å². The number of carboxylic acid groups (broad SMARTS) is 1. The summed E-state index contributed by atoms with van der Waals surface area (Å²) in [6, 6.07) is 6.07. The minimum atomic E-state index is -1.14. The predicted molar refractivity (Wildman–Crippen MR) is 125 cm³/mol. The van der Waals surface area contributed by atoms with Crippen molar-refractivity contribution in [3.05, 3.63) is 88.6 Å². The molecule has 1 aromatic rings. The number of esters is 1. The molecule has 1 aliphatic rings. The van der Waals surface area contributed by atoms with Crippen molar-refractivity contribution in [2.45, 2.75) is 53.9 Å². The zero-order valence-electron chi connectivity index (χ0n) is 19.1. The lowest BCUT2D eigenvalue weighted by atomic mass is 9.72. The SMILES string of the molecule is CC(C=CC1=C(C)CCCC1(C)C)=CC=CC(C)=CC(=O)Oc1ccccc1C(=O)O. The Hall–Kier alpha value is -3.14. The molecule has 164 valence electrons. The van der Waals surface area contributed by atoms with Gasteiger partial charge >= 0.3 is 11.9 Å². The smallest absolute Gasteiger partial charge is 0.339 e. The van der Waals surface area contributed by atoms with Crippen LogP contribution in [0.2, 0.25) is 0 Å². The first kappa shape index (κ1) is 24.1. The van der Waals surface area contributed by atoms with Crippen LogP contribution in [0.1, 0.15) is 64.2 Å². The summed E-state index contributed by atoms with van der Waals surface area (Å²) < 4.78 is 5.18. The Balaban J connectivity index is 2.01. The highest BCUT2D eigenvalue weighted by Gasteiger charge is 2.26. The zero-order chi connectivity index (χ0) is 23.0. The normalized spacial score (nSPS) is 17.5. The van der Waals surface area contributed by atoms with Crippen molar-refractivity contribution < 1.29 is 19.4 Å². The third kappa shape index (κ3) is 7.25. The number of hydrogen-bond donors (Lipinski definition) is 1. The van der Waals surface area contributed by atoms with E-state index in [0.717, 1.165) is 5.57 Å². The standard InChI is InChI=1S/C27H32O4/c1-19(15-16-23-21(3)12-9-17-27(23,4)5)10-8-11-20(2)18-25(28)31-24-14-7-6-13-22(24)26(29)30/h6-8,10-11,13-16,18H,9,12,17H2,1-5H3,(H,29,30). The lowest BCUT2D eigenvalue weighted by molar-refractivity contribution is -0.129. The number of allylic oxidation sites excluding steroid dienone is 9. The summed E-state index contributed by atoms with van der Waals surface area (Å²) in [6.45, 7) is 10.7. The summed E-state index contributed by atoms with van der Waals surface area (Å²) in [5.41, 5.74) is 4.89. The van der Waals surface area contributed by atoms with Gasteiger partial charge in [0.25, 0.3) is 0 Å². The number of aromatic carboxylic acids is 1. The average Bonchev–Trinajstić information content (AvgIpc) is 2.67. The van der Waals surface area contributed by atoms with Crippen molar-refractivity contribution in [1.82, 2.24) is 0 Å². The van der Waals surface area contributed by atoms with E-state index in [1.807, 2.05) is 25.2 Å². The number of para-hydroxylation sites is 1. The molecule has 0 atom stereocenters. The maximum atomic E-state index is 12.1. The van der Waals surface area contributed by atoms with Crippen LogP contribution in [0.5, 0.6) is 5.75 Å². The Morgan fingerprint density at radius 3 is 2.48 bits per heavy atom. The van der Waals surface area contributed by atoms with E-state index < -0.39 is 11.9 Å². The molecule has 1 aliphatic carbocycles. The monoisotopic (exact) mass is 420 g/mol. The number of carbonyl (C=O) groups excluding carboxylic acids is 1. The summed E-state index contributed by atoms with van der Waals surface area (Å²) in [4.78, 5) is 23.3. The first-order valence-electron chi connectivity index (χ1n) is 10.6. The predicted octanol–water partition coefficient (Wildman–Crippen LogP) is 6.82. The molecular formula is C27H32O4. The molecule has 0 saturated heterocycles. The molecule has 0 unspecified atom stereocenters. The van der Waals surface area contributed by atoms with Gasteiger partial charge in [0.2, 0.25) is 0 Å². The molecular weight excluding hydrogens is 388 g/mol. The molecule has 0 heterocycles. The van der Waals surface area contributed by atoms with Gasteiger partial charge in [-0.25, -0.2) is 9.59 Å². The molecule has 0 radical (unpaired) electrons. The van der Waals surface area contributed by atoms with Crippen molar-refractivity contribution in [3.8, 4) is 5.75 Å². The van der Waals surface area contributed by atoms with E-state index in [-0.39, 0.29) is 16.7 Å². The van der Waals surface area contributed by atoms with Crippen LogP contribution in [0.3, 0.4) is 0 Å². The van der Waals surface area contributed by atoms with Crippen LogP contribution < -0.4 is 4.74 Å². The molecule has 0 saturated carbocycles. The Morgan fingerprint density at radius 1 is 1.10 bits per heavy atom. The fraction of sp³-hybridized carbons (Fsp3) is 0.333. The number of benzene rings is 1. The Labute approximate surface area is 185 Å². The third-order valence-electron chi connectivity index (χ3n) is 5.45.